The predicted molar refractivity (Wildman–Crippen MR) is 106 cm³/mol. The number of rotatable bonds is 4. The largest absolute Gasteiger partial charge is 0.411 e. The Bertz CT molecular complexity index is 1180. The van der Waals surface area contributed by atoms with Crippen LogP contribution in [0.1, 0.15) is 29.1 Å². The van der Waals surface area contributed by atoms with Crippen molar-refractivity contribution in [3.8, 4) is 11.5 Å². The van der Waals surface area contributed by atoms with Crippen molar-refractivity contribution in [3.63, 3.8) is 0 Å². The van der Waals surface area contributed by atoms with Gasteiger partial charge in [0.05, 0.1) is 16.2 Å². The Kier molecular flexibility index (Phi) is 4.53. The van der Waals surface area contributed by atoms with E-state index in [0.717, 1.165) is 5.56 Å². The van der Waals surface area contributed by atoms with Crippen LogP contribution < -0.4 is 5.56 Å². The molecule has 2 heterocycles. The van der Waals surface area contributed by atoms with Crippen LogP contribution in [0.5, 0.6) is 0 Å². The molecule has 0 aliphatic carbocycles. The average molecular weight is 378 g/mol. The van der Waals surface area contributed by atoms with Crippen LogP contribution in [0.4, 0.5) is 0 Å². The van der Waals surface area contributed by atoms with Gasteiger partial charge in [0, 0.05) is 5.56 Å². The molecule has 6 nitrogen and oxygen atoms in total. The van der Waals surface area contributed by atoms with Crippen molar-refractivity contribution in [2.75, 3.05) is 0 Å². The van der Waals surface area contributed by atoms with Crippen molar-refractivity contribution in [1.82, 2.24) is 20.2 Å². The average Bonchev–Trinajstić information content (AvgIpc) is 3.12. The van der Waals surface area contributed by atoms with Gasteiger partial charge in [-0.05, 0) is 56.2 Å². The van der Waals surface area contributed by atoms with Gasteiger partial charge < -0.3 is 9.40 Å². The highest BCUT2D eigenvalue weighted by Gasteiger charge is 2.17. The summed E-state index contributed by atoms with van der Waals surface area (Å²) in [4.78, 5) is 19.6. The number of aromatic nitrogens is 4. The molecule has 0 saturated carbocycles. The summed E-state index contributed by atoms with van der Waals surface area (Å²) >= 11 is 1.36. The zero-order valence-electron chi connectivity index (χ0n) is 15.2. The number of benzene rings is 2. The van der Waals surface area contributed by atoms with Gasteiger partial charge in [0.2, 0.25) is 5.89 Å². The first-order valence-electron chi connectivity index (χ1n) is 8.58. The lowest BCUT2D eigenvalue weighted by Gasteiger charge is -2.08. The summed E-state index contributed by atoms with van der Waals surface area (Å²) in [7, 11) is 0. The fourth-order valence-electron chi connectivity index (χ4n) is 2.75. The van der Waals surface area contributed by atoms with E-state index < -0.39 is 0 Å². The number of thioether (sulfide) groups is 1. The molecule has 2 aromatic heterocycles. The van der Waals surface area contributed by atoms with Gasteiger partial charge in [0.15, 0.2) is 0 Å². The lowest BCUT2D eigenvalue weighted by molar-refractivity contribution is 0.465. The van der Waals surface area contributed by atoms with Gasteiger partial charge in [-0.15, -0.1) is 10.2 Å². The van der Waals surface area contributed by atoms with Crippen LogP contribution in [0.2, 0.25) is 0 Å². The molecule has 1 unspecified atom stereocenters. The number of para-hydroxylation sites is 1. The molecule has 2 aromatic carbocycles. The minimum Gasteiger partial charge on any atom is -0.411 e. The highest BCUT2D eigenvalue weighted by atomic mass is 32.2. The monoisotopic (exact) mass is 378 g/mol. The van der Waals surface area contributed by atoms with Gasteiger partial charge >= 0.3 is 0 Å². The summed E-state index contributed by atoms with van der Waals surface area (Å²) < 4.78 is 5.80. The second-order valence-corrected chi connectivity index (χ2v) is 7.69. The van der Waals surface area contributed by atoms with E-state index in [2.05, 4.69) is 34.0 Å². The van der Waals surface area contributed by atoms with E-state index in [4.69, 9.17) is 4.42 Å². The normalized spacial score (nSPS) is 12.4. The zero-order chi connectivity index (χ0) is 19.0. The van der Waals surface area contributed by atoms with Crippen molar-refractivity contribution >= 4 is 22.7 Å². The van der Waals surface area contributed by atoms with Crippen molar-refractivity contribution < 1.29 is 4.42 Å². The molecule has 1 N–H and O–H groups in total. The van der Waals surface area contributed by atoms with E-state index in [1.807, 2.05) is 43.3 Å². The molecule has 7 heteroatoms. The van der Waals surface area contributed by atoms with Crippen molar-refractivity contribution in [1.29, 1.82) is 0 Å². The van der Waals surface area contributed by atoms with Crippen molar-refractivity contribution in [2.24, 2.45) is 0 Å². The van der Waals surface area contributed by atoms with E-state index in [1.54, 1.807) is 6.07 Å². The van der Waals surface area contributed by atoms with Gasteiger partial charge in [-0.1, -0.05) is 30.0 Å². The summed E-state index contributed by atoms with van der Waals surface area (Å²) in [6, 6.07) is 13.3. The molecule has 0 aliphatic rings. The molecule has 0 saturated heterocycles. The maximum Gasteiger partial charge on any atom is 0.277 e. The maximum atomic E-state index is 12.2. The van der Waals surface area contributed by atoms with Crippen LogP contribution in [0, 0.1) is 13.8 Å². The Morgan fingerprint density at radius 2 is 1.89 bits per heavy atom. The lowest BCUT2D eigenvalue weighted by atomic mass is 10.1. The molecule has 0 fully saturated rings. The molecule has 27 heavy (non-hydrogen) atoms. The third-order valence-corrected chi connectivity index (χ3v) is 5.40. The summed E-state index contributed by atoms with van der Waals surface area (Å²) in [6.07, 6.45) is 0. The van der Waals surface area contributed by atoms with E-state index in [-0.39, 0.29) is 10.8 Å². The molecular formula is C20H18N4O2S. The Labute approximate surface area is 160 Å². The third kappa shape index (κ3) is 3.50. The second kappa shape index (κ2) is 7.00. The van der Waals surface area contributed by atoms with Crippen LogP contribution in [0.3, 0.4) is 0 Å². The van der Waals surface area contributed by atoms with E-state index >= 15 is 0 Å². The summed E-state index contributed by atoms with van der Waals surface area (Å²) in [5.74, 6) is 1.06. The smallest absolute Gasteiger partial charge is 0.277 e. The molecule has 0 bridgehead atoms. The Morgan fingerprint density at radius 1 is 1.07 bits per heavy atom. The Hall–Kier alpha value is -2.93. The number of nitrogens with one attached hydrogen (secondary N) is 1. The Morgan fingerprint density at radius 3 is 2.70 bits per heavy atom. The highest BCUT2D eigenvalue weighted by molar-refractivity contribution is 7.99. The fraction of sp³-hybridized carbons (Fsp3) is 0.200. The summed E-state index contributed by atoms with van der Waals surface area (Å²) in [6.45, 7) is 6.06. The molecule has 136 valence electrons. The predicted octanol–water partition coefficient (Wildman–Crippen LogP) is 4.44. The quantitative estimate of drug-likeness (QED) is 0.528. The van der Waals surface area contributed by atoms with E-state index in [1.165, 1.54) is 22.9 Å². The van der Waals surface area contributed by atoms with Gasteiger partial charge in [-0.3, -0.25) is 4.79 Å². The van der Waals surface area contributed by atoms with Gasteiger partial charge in [0.1, 0.15) is 5.82 Å². The molecule has 0 amide bonds. The highest BCUT2D eigenvalue weighted by Crippen LogP contribution is 2.33. The molecule has 0 radical (unpaired) electrons. The lowest BCUT2D eigenvalue weighted by Crippen LogP contribution is -2.12. The molecular weight excluding hydrogens is 360 g/mol. The standard InChI is InChI=1S/C20H18N4O2S/c1-11-8-9-14(10-12(11)2)19-23-24-20(26-19)27-13(3)17-21-16-7-5-4-6-15(16)18(25)22-17/h4-10,13H,1-3H3,(H,21,22,25). The summed E-state index contributed by atoms with van der Waals surface area (Å²) in [5.41, 5.74) is 3.80. The SMILES string of the molecule is Cc1ccc(-c2nnc(SC(C)c3nc4ccccc4c(=O)[nH]3)o2)cc1C. The second-order valence-electron chi connectivity index (χ2n) is 6.40. The van der Waals surface area contributed by atoms with Gasteiger partial charge in [0.25, 0.3) is 10.8 Å². The van der Waals surface area contributed by atoms with Crippen LogP contribution in [0.15, 0.2) is 56.9 Å². The first-order chi connectivity index (χ1) is 13.0. The first kappa shape index (κ1) is 17.5. The van der Waals surface area contributed by atoms with Crippen molar-refractivity contribution in [2.45, 2.75) is 31.2 Å². The number of aromatic amines is 1. The van der Waals surface area contributed by atoms with Crippen LogP contribution in [-0.2, 0) is 0 Å². The number of fused-ring (bicyclic) bond motifs is 1. The third-order valence-electron chi connectivity index (χ3n) is 4.45. The van der Waals surface area contributed by atoms with Crippen LogP contribution >= 0.6 is 11.8 Å². The summed E-state index contributed by atoms with van der Waals surface area (Å²) in [5, 5.41) is 9.13. The molecule has 0 spiro atoms. The number of aryl methyl sites for hydroxylation is 2. The molecule has 4 aromatic rings. The number of hydrogen-bond acceptors (Lipinski definition) is 6. The topological polar surface area (TPSA) is 84.7 Å². The Balaban J connectivity index is 1.58. The van der Waals surface area contributed by atoms with E-state index in [0.29, 0.717) is 27.8 Å². The van der Waals surface area contributed by atoms with Crippen molar-refractivity contribution in [3.05, 3.63) is 69.8 Å². The van der Waals surface area contributed by atoms with Gasteiger partial charge in [-0.2, -0.15) is 0 Å². The van der Waals surface area contributed by atoms with Crippen LogP contribution in [-0.4, -0.2) is 20.2 Å². The minimum absolute atomic E-state index is 0.143. The fourth-order valence-corrected chi connectivity index (χ4v) is 3.49. The zero-order valence-corrected chi connectivity index (χ0v) is 16.0. The van der Waals surface area contributed by atoms with E-state index in [9.17, 15) is 4.79 Å². The minimum atomic E-state index is -0.149. The number of nitrogens with zero attached hydrogens (tertiary/aromatic N) is 3. The van der Waals surface area contributed by atoms with Crippen LogP contribution in [0.25, 0.3) is 22.4 Å². The molecule has 0 aliphatic heterocycles. The molecule has 1 atom stereocenters. The van der Waals surface area contributed by atoms with Gasteiger partial charge in [-0.25, -0.2) is 4.98 Å². The number of hydrogen-bond donors (Lipinski definition) is 1. The molecule has 4 rings (SSSR count). The first-order valence-corrected chi connectivity index (χ1v) is 9.46. The number of H-pyrrole nitrogens is 1. The maximum absolute atomic E-state index is 12.2.